The topological polar surface area (TPSA) is 95.0 Å². The zero-order valence-corrected chi connectivity index (χ0v) is 24.7. The number of carbonyl (C=O) groups is 3. The highest BCUT2D eigenvalue weighted by molar-refractivity contribution is 6.74. The Balaban J connectivity index is 2.67. The van der Waals surface area contributed by atoms with Crippen molar-refractivity contribution in [3.05, 3.63) is 35.3 Å². The molecule has 0 aliphatic carbocycles. The Bertz CT molecular complexity index is 1160. The van der Waals surface area contributed by atoms with Crippen LogP contribution in [-0.4, -0.2) is 43.0 Å². The molecule has 10 heteroatoms. The Hall–Kier alpha value is -2.85. The number of fused-ring (bicyclic) bond motifs is 1. The summed E-state index contributed by atoms with van der Waals surface area (Å²) in [5.41, 5.74) is -1.54. The van der Waals surface area contributed by atoms with Crippen molar-refractivity contribution in [2.45, 2.75) is 98.3 Å². The van der Waals surface area contributed by atoms with Crippen LogP contribution in [0.25, 0.3) is 10.8 Å². The molecule has 2 rings (SSSR count). The first-order chi connectivity index (χ1) is 16.7. The fourth-order valence-corrected chi connectivity index (χ4v) is 4.02. The minimum absolute atomic E-state index is 0.0587. The summed E-state index contributed by atoms with van der Waals surface area (Å²) in [6.07, 6.45) is -0.243. The second-order valence-corrected chi connectivity index (χ2v) is 17.3. The maximum Gasteiger partial charge on any atom is 0.425 e. The van der Waals surface area contributed by atoms with Gasteiger partial charge in [-0.2, -0.15) is 4.90 Å². The Kier molecular flexibility index (Phi) is 8.61. The van der Waals surface area contributed by atoms with Gasteiger partial charge in [-0.05, 0) is 77.4 Å². The smallest absolute Gasteiger partial charge is 0.425 e. The van der Waals surface area contributed by atoms with Gasteiger partial charge >= 0.3 is 12.2 Å². The summed E-state index contributed by atoms with van der Waals surface area (Å²) < 4.78 is 32.1. The van der Waals surface area contributed by atoms with Crippen molar-refractivity contribution in [2.24, 2.45) is 0 Å². The van der Waals surface area contributed by atoms with E-state index in [2.05, 4.69) is 38.8 Å². The summed E-state index contributed by atoms with van der Waals surface area (Å²) in [6.45, 7) is 20.5. The normalized spacial score (nSPS) is 12.9. The number of imide groups is 1. The first-order valence-electron chi connectivity index (χ1n) is 12.1. The molecule has 1 aromatic carbocycles. The maximum atomic E-state index is 15.0. The molecule has 0 spiro atoms. The molecule has 0 aliphatic rings. The molecule has 0 bridgehead atoms. The molecule has 2 amide bonds. The fourth-order valence-electron chi connectivity index (χ4n) is 3.07. The molecule has 0 radical (unpaired) electrons. The van der Waals surface area contributed by atoms with Gasteiger partial charge in [0.25, 0.3) is 0 Å². The van der Waals surface area contributed by atoms with E-state index in [1.165, 1.54) is 18.3 Å². The Morgan fingerprint density at radius 2 is 1.46 bits per heavy atom. The molecule has 37 heavy (non-hydrogen) atoms. The molecule has 1 aromatic heterocycles. The van der Waals surface area contributed by atoms with Crippen LogP contribution >= 0.6 is 0 Å². The van der Waals surface area contributed by atoms with Gasteiger partial charge in [0.1, 0.15) is 22.8 Å². The minimum atomic E-state index is -2.16. The summed E-state index contributed by atoms with van der Waals surface area (Å²) >= 11 is 0. The molecule has 0 atom stereocenters. The largest absolute Gasteiger partial charge is 0.443 e. The highest BCUT2D eigenvalue weighted by Crippen LogP contribution is 2.38. The van der Waals surface area contributed by atoms with Gasteiger partial charge in [-0.1, -0.05) is 20.8 Å². The number of anilines is 1. The third-order valence-electron chi connectivity index (χ3n) is 5.98. The lowest BCUT2D eigenvalue weighted by molar-refractivity contribution is 0.0429. The van der Waals surface area contributed by atoms with Gasteiger partial charge in [0, 0.05) is 17.0 Å². The number of benzene rings is 1. The average molecular weight is 535 g/mol. The summed E-state index contributed by atoms with van der Waals surface area (Å²) in [6, 6.07) is 2.58. The predicted octanol–water partition coefficient (Wildman–Crippen LogP) is 7.38. The highest BCUT2D eigenvalue weighted by atomic mass is 28.4. The number of rotatable bonds is 5. The quantitative estimate of drug-likeness (QED) is 0.292. The van der Waals surface area contributed by atoms with Crippen molar-refractivity contribution in [2.75, 3.05) is 4.90 Å². The molecule has 0 saturated heterocycles. The number of carbonyl (C=O) groups excluding carboxylic acids is 3. The minimum Gasteiger partial charge on any atom is -0.443 e. The third-order valence-corrected chi connectivity index (χ3v) is 10.5. The van der Waals surface area contributed by atoms with Crippen molar-refractivity contribution in [1.29, 1.82) is 0 Å². The Morgan fingerprint density at radius 1 is 0.946 bits per heavy atom. The molecular weight excluding hydrogens is 495 g/mol. The van der Waals surface area contributed by atoms with Gasteiger partial charge in [0.15, 0.2) is 14.6 Å². The van der Waals surface area contributed by atoms with Crippen molar-refractivity contribution in [3.8, 4) is 0 Å². The number of amides is 2. The van der Waals surface area contributed by atoms with Crippen molar-refractivity contribution >= 4 is 43.4 Å². The van der Waals surface area contributed by atoms with Crippen LogP contribution < -0.4 is 4.90 Å². The lowest BCUT2D eigenvalue weighted by atomic mass is 10.0. The van der Waals surface area contributed by atoms with E-state index in [0.29, 0.717) is 22.1 Å². The van der Waals surface area contributed by atoms with E-state index in [4.69, 9.17) is 13.9 Å². The summed E-state index contributed by atoms with van der Waals surface area (Å²) in [5, 5.41) is 0.599. The fraction of sp³-hybridized carbons (Fsp3) is 0.556. The predicted molar refractivity (Wildman–Crippen MR) is 144 cm³/mol. The molecule has 1 heterocycles. The van der Waals surface area contributed by atoms with E-state index in [9.17, 15) is 14.4 Å². The molecule has 0 N–H and O–H groups in total. The second kappa shape index (κ2) is 10.5. The van der Waals surface area contributed by atoms with E-state index in [-0.39, 0.29) is 28.4 Å². The van der Waals surface area contributed by atoms with E-state index < -0.39 is 37.5 Å². The number of nitrogens with zero attached hydrogens (tertiary/aromatic N) is 2. The van der Waals surface area contributed by atoms with Crippen LogP contribution in [0.2, 0.25) is 18.1 Å². The third kappa shape index (κ3) is 7.58. The van der Waals surface area contributed by atoms with Crippen LogP contribution in [0.15, 0.2) is 18.3 Å². The number of hydrogen-bond acceptors (Lipinski definition) is 7. The maximum absolute atomic E-state index is 15.0. The summed E-state index contributed by atoms with van der Waals surface area (Å²) in [5.74, 6) is -0.907. The van der Waals surface area contributed by atoms with E-state index in [1.54, 1.807) is 41.5 Å². The van der Waals surface area contributed by atoms with Crippen LogP contribution in [0, 0.1) is 5.82 Å². The van der Waals surface area contributed by atoms with Gasteiger partial charge in [0.05, 0.1) is 12.2 Å². The SMILES string of the molecule is CC(C)(C)OC(=O)N(C(=O)OC(C)(C)C)c1cc2c(C=O)c(F)cc(CO[Si](C)(C)C(C)(C)C)c2cn1. The van der Waals surface area contributed by atoms with E-state index >= 15 is 4.39 Å². The first-order valence-corrected chi connectivity index (χ1v) is 15.0. The van der Waals surface area contributed by atoms with Crippen LogP contribution in [0.4, 0.5) is 19.8 Å². The number of halogens is 1. The number of pyridine rings is 1. The van der Waals surface area contributed by atoms with Crippen molar-refractivity contribution in [1.82, 2.24) is 4.98 Å². The zero-order valence-electron chi connectivity index (χ0n) is 23.7. The van der Waals surface area contributed by atoms with Gasteiger partial charge in [-0.25, -0.2) is 19.0 Å². The number of aromatic nitrogens is 1. The molecule has 0 unspecified atom stereocenters. The highest BCUT2D eigenvalue weighted by Gasteiger charge is 2.37. The van der Waals surface area contributed by atoms with Crippen LogP contribution in [-0.2, 0) is 20.5 Å². The van der Waals surface area contributed by atoms with Gasteiger partial charge < -0.3 is 13.9 Å². The van der Waals surface area contributed by atoms with Crippen molar-refractivity contribution < 1.29 is 32.7 Å². The van der Waals surface area contributed by atoms with E-state index in [1.807, 2.05) is 0 Å². The van der Waals surface area contributed by atoms with Gasteiger partial charge in [-0.3, -0.25) is 4.79 Å². The molecule has 8 nitrogen and oxygen atoms in total. The first kappa shape index (κ1) is 30.4. The van der Waals surface area contributed by atoms with Crippen LogP contribution in [0.1, 0.15) is 78.2 Å². The standard InChI is InChI=1S/C27H39FN2O6Si/c1-25(2,3)35-23(32)30(24(33)36-26(4,5)6)22-13-18-19(14-29-22)17(12-21(28)20(18)15-31)16-34-37(10,11)27(7,8)9/h12-15H,16H2,1-11H3. The average Bonchev–Trinajstić information content (AvgIpc) is 2.68. The monoisotopic (exact) mass is 534 g/mol. The second-order valence-electron chi connectivity index (χ2n) is 12.5. The molecule has 2 aromatic rings. The lowest BCUT2D eigenvalue weighted by Gasteiger charge is -2.36. The summed E-state index contributed by atoms with van der Waals surface area (Å²) in [7, 11) is -2.16. The van der Waals surface area contributed by atoms with Crippen LogP contribution in [0.5, 0.6) is 0 Å². The zero-order chi connectivity index (χ0) is 28.6. The summed E-state index contributed by atoms with van der Waals surface area (Å²) in [4.78, 5) is 42.8. The molecule has 0 aliphatic heterocycles. The number of hydrogen-bond donors (Lipinski definition) is 0. The number of ether oxygens (including phenoxy) is 2. The Labute approximate surface area is 219 Å². The van der Waals surface area contributed by atoms with Crippen molar-refractivity contribution in [3.63, 3.8) is 0 Å². The molecule has 0 fully saturated rings. The Morgan fingerprint density at radius 3 is 1.89 bits per heavy atom. The molecular formula is C27H39FN2O6Si. The molecule has 0 saturated carbocycles. The number of aldehydes is 1. The van der Waals surface area contributed by atoms with E-state index in [0.717, 1.165) is 0 Å². The lowest BCUT2D eigenvalue weighted by Crippen LogP contribution is -2.44. The van der Waals surface area contributed by atoms with Gasteiger partial charge in [0.2, 0.25) is 0 Å². The van der Waals surface area contributed by atoms with Gasteiger partial charge in [-0.15, -0.1) is 0 Å². The molecule has 204 valence electrons. The van der Waals surface area contributed by atoms with Crippen LogP contribution in [0.3, 0.4) is 0 Å².